The third-order valence-electron chi connectivity index (χ3n) is 4.17. The second-order valence-electron chi connectivity index (χ2n) is 7.68. The number of hydrogen-bond donors (Lipinski definition) is 3. The smallest absolute Gasteiger partial charge is 0.329 e. The Balaban J connectivity index is 2.78. The van der Waals surface area contributed by atoms with E-state index in [4.69, 9.17) is 5.73 Å². The van der Waals surface area contributed by atoms with Crippen molar-refractivity contribution in [3.63, 3.8) is 0 Å². The van der Waals surface area contributed by atoms with Crippen molar-refractivity contribution in [1.82, 2.24) is 5.43 Å². The van der Waals surface area contributed by atoms with Gasteiger partial charge in [0.25, 0.3) is 0 Å². The minimum atomic E-state index is -1.18. The van der Waals surface area contributed by atoms with Crippen molar-refractivity contribution in [3.05, 3.63) is 29.3 Å². The standard InChI is InChI=1S/C20H28N4O4/c1-12-6-7-14(10-13(12)2)22-17(26)9-8-15(11-16(25)20(3,4)5)23-24-19(28)18(21)27/h6-7,10H,8-9,11H2,1-5H3,(H2,21,27)(H,22,26)(H,24,28)/b23-15-. The SMILES string of the molecule is Cc1ccc(NC(=O)CC/C(CC(=O)C(C)(C)C)=N/NC(=O)C(N)=O)cc1C. The zero-order valence-corrected chi connectivity index (χ0v) is 17.0. The van der Waals surface area contributed by atoms with E-state index < -0.39 is 17.2 Å². The molecule has 0 atom stereocenters. The van der Waals surface area contributed by atoms with Crippen LogP contribution in [0.4, 0.5) is 5.69 Å². The van der Waals surface area contributed by atoms with E-state index >= 15 is 0 Å². The van der Waals surface area contributed by atoms with E-state index in [2.05, 4.69) is 10.4 Å². The Bertz CT molecular complexity index is 807. The maximum atomic E-state index is 12.3. The van der Waals surface area contributed by atoms with E-state index in [1.54, 1.807) is 20.8 Å². The van der Waals surface area contributed by atoms with Crippen molar-refractivity contribution >= 4 is 34.9 Å². The number of benzene rings is 1. The van der Waals surface area contributed by atoms with Crippen LogP contribution in [0.5, 0.6) is 0 Å². The van der Waals surface area contributed by atoms with Crippen LogP contribution in [0.25, 0.3) is 0 Å². The van der Waals surface area contributed by atoms with Gasteiger partial charge in [-0.3, -0.25) is 19.2 Å². The highest BCUT2D eigenvalue weighted by atomic mass is 16.2. The van der Waals surface area contributed by atoms with Crippen LogP contribution in [0, 0.1) is 19.3 Å². The van der Waals surface area contributed by atoms with Crippen molar-refractivity contribution in [1.29, 1.82) is 0 Å². The first-order valence-corrected chi connectivity index (χ1v) is 8.95. The summed E-state index contributed by atoms with van der Waals surface area (Å²) in [5.41, 5.74) is 9.45. The van der Waals surface area contributed by atoms with Crippen molar-refractivity contribution in [3.8, 4) is 0 Å². The predicted molar refractivity (Wildman–Crippen MR) is 108 cm³/mol. The first-order chi connectivity index (χ1) is 12.9. The molecule has 1 rings (SSSR count). The molecular formula is C20H28N4O4. The molecule has 0 saturated carbocycles. The number of Topliss-reactive ketones (excluding diaryl/α,β-unsaturated/α-hetero) is 1. The average molecular weight is 388 g/mol. The molecule has 0 aromatic heterocycles. The van der Waals surface area contributed by atoms with Gasteiger partial charge >= 0.3 is 11.8 Å². The number of nitrogens with one attached hydrogen (secondary N) is 2. The fourth-order valence-corrected chi connectivity index (χ4v) is 2.12. The Hall–Kier alpha value is -3.03. The lowest BCUT2D eigenvalue weighted by atomic mass is 9.87. The minimum absolute atomic E-state index is 0.0422. The summed E-state index contributed by atoms with van der Waals surface area (Å²) in [4.78, 5) is 46.6. The highest BCUT2D eigenvalue weighted by Crippen LogP contribution is 2.18. The van der Waals surface area contributed by atoms with Gasteiger partial charge in [-0.05, 0) is 43.5 Å². The molecule has 0 fully saturated rings. The average Bonchev–Trinajstić information content (AvgIpc) is 2.59. The van der Waals surface area contributed by atoms with Crippen LogP contribution in [-0.2, 0) is 19.2 Å². The van der Waals surface area contributed by atoms with Crippen LogP contribution in [-0.4, -0.2) is 29.2 Å². The molecule has 0 spiro atoms. The van der Waals surface area contributed by atoms with Gasteiger partial charge in [-0.25, -0.2) is 5.43 Å². The monoisotopic (exact) mass is 388 g/mol. The van der Waals surface area contributed by atoms with Crippen LogP contribution in [0.15, 0.2) is 23.3 Å². The molecule has 0 aliphatic rings. The lowest BCUT2D eigenvalue weighted by Gasteiger charge is -2.17. The van der Waals surface area contributed by atoms with Crippen LogP contribution >= 0.6 is 0 Å². The molecule has 8 heteroatoms. The first kappa shape index (κ1) is 23.0. The lowest BCUT2D eigenvalue weighted by Crippen LogP contribution is -2.34. The van der Waals surface area contributed by atoms with Crippen LogP contribution in [0.3, 0.4) is 0 Å². The molecule has 152 valence electrons. The third-order valence-corrected chi connectivity index (χ3v) is 4.17. The number of carbonyl (C=O) groups is 4. The summed E-state index contributed by atoms with van der Waals surface area (Å²) < 4.78 is 0. The Kier molecular flexibility index (Phi) is 8.03. The number of primary amides is 1. The molecule has 0 aliphatic heterocycles. The fraction of sp³-hybridized carbons (Fsp3) is 0.450. The molecule has 28 heavy (non-hydrogen) atoms. The molecule has 0 aliphatic carbocycles. The summed E-state index contributed by atoms with van der Waals surface area (Å²) in [5, 5.41) is 6.61. The number of ketones is 1. The summed E-state index contributed by atoms with van der Waals surface area (Å²) in [6.07, 6.45) is 0.173. The molecule has 8 nitrogen and oxygen atoms in total. The van der Waals surface area contributed by atoms with Crippen molar-refractivity contribution in [2.24, 2.45) is 16.3 Å². The van der Waals surface area contributed by atoms with Crippen molar-refractivity contribution in [2.45, 2.75) is 53.9 Å². The number of nitrogens with two attached hydrogens (primary N) is 1. The second-order valence-corrected chi connectivity index (χ2v) is 7.68. The molecular weight excluding hydrogens is 360 g/mol. The Morgan fingerprint density at radius 1 is 1.04 bits per heavy atom. The summed E-state index contributed by atoms with van der Waals surface area (Å²) in [7, 11) is 0. The van der Waals surface area contributed by atoms with E-state index in [1.807, 2.05) is 37.5 Å². The number of carbonyl (C=O) groups excluding carboxylic acids is 4. The Labute approximate surface area is 164 Å². The Morgan fingerprint density at radius 2 is 1.68 bits per heavy atom. The van der Waals surface area contributed by atoms with E-state index in [9.17, 15) is 19.2 Å². The van der Waals surface area contributed by atoms with E-state index in [0.717, 1.165) is 11.1 Å². The van der Waals surface area contributed by atoms with Gasteiger partial charge in [0, 0.05) is 29.7 Å². The van der Waals surface area contributed by atoms with Gasteiger partial charge in [0.2, 0.25) is 5.91 Å². The molecule has 0 bridgehead atoms. The topological polar surface area (TPSA) is 131 Å². The number of hydrogen-bond acceptors (Lipinski definition) is 5. The zero-order chi connectivity index (χ0) is 21.5. The van der Waals surface area contributed by atoms with E-state index in [-0.39, 0.29) is 31.0 Å². The van der Waals surface area contributed by atoms with Crippen molar-refractivity contribution < 1.29 is 19.2 Å². The van der Waals surface area contributed by atoms with Gasteiger partial charge in [0.15, 0.2) is 0 Å². The fourth-order valence-electron chi connectivity index (χ4n) is 2.12. The van der Waals surface area contributed by atoms with Crippen molar-refractivity contribution in [2.75, 3.05) is 5.32 Å². The van der Waals surface area contributed by atoms with E-state index in [0.29, 0.717) is 11.4 Å². The minimum Gasteiger partial charge on any atom is -0.361 e. The number of amides is 3. The van der Waals surface area contributed by atoms with Crippen LogP contribution in [0.1, 0.15) is 51.2 Å². The molecule has 0 heterocycles. The molecule has 0 radical (unpaired) electrons. The van der Waals surface area contributed by atoms with Crippen LogP contribution < -0.4 is 16.5 Å². The van der Waals surface area contributed by atoms with Crippen LogP contribution in [0.2, 0.25) is 0 Å². The first-order valence-electron chi connectivity index (χ1n) is 8.95. The predicted octanol–water partition coefficient (Wildman–Crippen LogP) is 1.98. The maximum absolute atomic E-state index is 12.3. The van der Waals surface area contributed by atoms with E-state index in [1.165, 1.54) is 0 Å². The van der Waals surface area contributed by atoms with Gasteiger partial charge in [0.1, 0.15) is 5.78 Å². The summed E-state index contributed by atoms with van der Waals surface area (Å²) in [6, 6.07) is 5.60. The molecule has 4 N–H and O–H groups in total. The molecule has 0 saturated heterocycles. The molecule has 1 aromatic rings. The molecule has 3 amide bonds. The van der Waals surface area contributed by atoms with Gasteiger partial charge in [-0.15, -0.1) is 0 Å². The molecule has 0 unspecified atom stereocenters. The summed E-state index contributed by atoms with van der Waals surface area (Å²) in [6.45, 7) is 9.23. The van der Waals surface area contributed by atoms with Gasteiger partial charge in [-0.1, -0.05) is 26.8 Å². The zero-order valence-electron chi connectivity index (χ0n) is 17.0. The number of rotatable bonds is 7. The van der Waals surface area contributed by atoms with Gasteiger partial charge in [-0.2, -0.15) is 5.10 Å². The number of aryl methyl sites for hydroxylation is 2. The largest absolute Gasteiger partial charge is 0.361 e. The molecule has 1 aromatic carbocycles. The summed E-state index contributed by atoms with van der Waals surface area (Å²) >= 11 is 0. The van der Waals surface area contributed by atoms with Gasteiger partial charge < -0.3 is 11.1 Å². The highest BCUT2D eigenvalue weighted by molar-refractivity contribution is 6.34. The second kappa shape index (κ2) is 9.77. The number of hydrazone groups is 1. The van der Waals surface area contributed by atoms with Gasteiger partial charge in [0.05, 0.1) is 0 Å². The lowest BCUT2D eigenvalue weighted by molar-refractivity contribution is -0.137. The highest BCUT2D eigenvalue weighted by Gasteiger charge is 2.23. The third kappa shape index (κ3) is 7.69. The summed E-state index contributed by atoms with van der Waals surface area (Å²) in [5.74, 6) is -2.62. The normalized spacial score (nSPS) is 11.7. The number of anilines is 1. The number of nitrogens with zero attached hydrogens (tertiary/aromatic N) is 1. The maximum Gasteiger partial charge on any atom is 0.329 e. The quantitative estimate of drug-likeness (QED) is 0.374. The Morgan fingerprint density at radius 3 is 2.21 bits per heavy atom.